The third kappa shape index (κ3) is 4.19. The minimum absolute atomic E-state index is 0.357. The van der Waals surface area contributed by atoms with Crippen molar-refractivity contribution >= 4 is 0 Å². The third-order valence-corrected chi connectivity index (χ3v) is 4.58. The molecule has 18 heavy (non-hydrogen) atoms. The number of hydrogen-bond donors (Lipinski definition) is 4. The maximum atomic E-state index is 6.12. The van der Waals surface area contributed by atoms with Gasteiger partial charge in [-0.1, -0.05) is 25.7 Å². The van der Waals surface area contributed by atoms with Gasteiger partial charge in [0.05, 0.1) is 0 Å². The first kappa shape index (κ1) is 14.3. The summed E-state index contributed by atoms with van der Waals surface area (Å²) in [5.74, 6) is 0. The second kappa shape index (κ2) is 7.43. The van der Waals surface area contributed by atoms with Crippen molar-refractivity contribution in [1.29, 1.82) is 0 Å². The van der Waals surface area contributed by atoms with Gasteiger partial charge in [0.25, 0.3) is 0 Å². The second-order valence-electron chi connectivity index (χ2n) is 6.02. The van der Waals surface area contributed by atoms with Crippen LogP contribution < -0.4 is 22.1 Å². The van der Waals surface area contributed by atoms with Crippen LogP contribution in [0.3, 0.4) is 0 Å². The minimum atomic E-state index is 0.357. The normalized spacial score (nSPS) is 37.7. The van der Waals surface area contributed by atoms with E-state index in [1.807, 2.05) is 0 Å². The fraction of sp³-hybridized carbons (Fsp3) is 1.00. The van der Waals surface area contributed by atoms with Crippen molar-refractivity contribution in [2.45, 2.75) is 75.5 Å². The van der Waals surface area contributed by atoms with Gasteiger partial charge >= 0.3 is 0 Å². The smallest absolute Gasteiger partial charge is 0.0219 e. The van der Waals surface area contributed by atoms with Gasteiger partial charge in [-0.3, -0.25) is 0 Å². The van der Waals surface area contributed by atoms with Gasteiger partial charge in [-0.05, 0) is 25.7 Å². The molecule has 0 aromatic heterocycles. The summed E-state index contributed by atoms with van der Waals surface area (Å²) in [6.07, 6.45) is 10.1. The van der Waals surface area contributed by atoms with E-state index in [4.69, 9.17) is 11.5 Å². The predicted octanol–water partition coefficient (Wildman–Crippen LogP) is 0.705. The summed E-state index contributed by atoms with van der Waals surface area (Å²) < 4.78 is 0. The molecule has 0 aromatic carbocycles. The third-order valence-electron chi connectivity index (χ3n) is 4.58. The first-order chi connectivity index (χ1) is 8.77. The van der Waals surface area contributed by atoms with Crippen LogP contribution in [0.1, 0.15) is 51.4 Å². The molecule has 4 atom stereocenters. The standard InChI is InChI=1S/C14H30N4/c15-11-5-1-3-7-13(11)17-9-10-18-14-8-4-2-6-12(14)16/h11-14,17-18H,1-10,15-16H2/t11-,12+,13-,14?/m1/s1. The van der Waals surface area contributed by atoms with Crippen LogP contribution in [0.5, 0.6) is 0 Å². The van der Waals surface area contributed by atoms with E-state index in [2.05, 4.69) is 10.6 Å². The molecule has 0 aliphatic heterocycles. The molecule has 2 saturated carbocycles. The van der Waals surface area contributed by atoms with E-state index in [1.165, 1.54) is 51.4 Å². The summed E-state index contributed by atoms with van der Waals surface area (Å²) in [5.41, 5.74) is 12.2. The predicted molar refractivity (Wildman–Crippen MR) is 76.5 cm³/mol. The van der Waals surface area contributed by atoms with Crippen LogP contribution in [0.25, 0.3) is 0 Å². The van der Waals surface area contributed by atoms with Crippen molar-refractivity contribution < 1.29 is 0 Å². The van der Waals surface area contributed by atoms with Gasteiger partial charge in [-0.15, -0.1) is 0 Å². The van der Waals surface area contributed by atoms with Gasteiger partial charge < -0.3 is 22.1 Å². The SMILES string of the molecule is N[C@@H]1CCCC[C@H]1NCCNC1CCCC[C@@H]1N. The molecule has 0 saturated heterocycles. The molecule has 2 fully saturated rings. The van der Waals surface area contributed by atoms with Gasteiger partial charge in [0.1, 0.15) is 0 Å². The quantitative estimate of drug-likeness (QED) is 0.545. The lowest BCUT2D eigenvalue weighted by Gasteiger charge is -2.31. The molecule has 1 unspecified atom stereocenters. The van der Waals surface area contributed by atoms with E-state index < -0.39 is 0 Å². The molecule has 4 heteroatoms. The molecule has 0 bridgehead atoms. The minimum Gasteiger partial charge on any atom is -0.326 e. The lowest BCUT2D eigenvalue weighted by Crippen LogP contribution is -2.51. The van der Waals surface area contributed by atoms with Crippen molar-refractivity contribution in [2.75, 3.05) is 13.1 Å². The number of nitrogens with two attached hydrogens (primary N) is 2. The van der Waals surface area contributed by atoms with Gasteiger partial charge in [-0.25, -0.2) is 0 Å². The highest BCUT2D eigenvalue weighted by Gasteiger charge is 2.22. The summed E-state index contributed by atoms with van der Waals surface area (Å²) in [4.78, 5) is 0. The zero-order valence-electron chi connectivity index (χ0n) is 11.5. The van der Waals surface area contributed by atoms with Crippen LogP contribution in [0.15, 0.2) is 0 Å². The highest BCUT2D eigenvalue weighted by molar-refractivity contribution is 4.86. The van der Waals surface area contributed by atoms with Crippen LogP contribution in [-0.4, -0.2) is 37.3 Å². The van der Waals surface area contributed by atoms with E-state index >= 15 is 0 Å². The van der Waals surface area contributed by atoms with Crippen molar-refractivity contribution in [3.8, 4) is 0 Å². The van der Waals surface area contributed by atoms with Crippen LogP contribution >= 0.6 is 0 Å². The highest BCUT2D eigenvalue weighted by atomic mass is 15.0. The molecule has 4 nitrogen and oxygen atoms in total. The van der Waals surface area contributed by atoms with Crippen molar-refractivity contribution in [2.24, 2.45) is 11.5 Å². The highest BCUT2D eigenvalue weighted by Crippen LogP contribution is 2.17. The fourth-order valence-electron chi connectivity index (χ4n) is 3.34. The first-order valence-corrected chi connectivity index (χ1v) is 7.75. The molecule has 106 valence electrons. The summed E-state index contributed by atoms with van der Waals surface area (Å²) in [6.45, 7) is 2.03. The zero-order valence-corrected chi connectivity index (χ0v) is 11.5. The Balaban J connectivity index is 1.57. The average Bonchev–Trinajstić information content (AvgIpc) is 2.38. The Hall–Kier alpha value is -0.160. The Labute approximate surface area is 111 Å². The fourth-order valence-corrected chi connectivity index (χ4v) is 3.34. The number of rotatable bonds is 5. The molecule has 2 aliphatic rings. The molecule has 2 rings (SSSR count). The lowest BCUT2D eigenvalue weighted by molar-refractivity contribution is 0.306. The maximum Gasteiger partial charge on any atom is 0.0219 e. The van der Waals surface area contributed by atoms with E-state index in [0.717, 1.165) is 13.1 Å². The number of nitrogens with one attached hydrogen (secondary N) is 2. The Morgan fingerprint density at radius 2 is 1.06 bits per heavy atom. The van der Waals surface area contributed by atoms with Crippen molar-refractivity contribution in [1.82, 2.24) is 10.6 Å². The van der Waals surface area contributed by atoms with Crippen molar-refractivity contribution in [3.63, 3.8) is 0 Å². The topological polar surface area (TPSA) is 76.1 Å². The van der Waals surface area contributed by atoms with Crippen molar-refractivity contribution in [3.05, 3.63) is 0 Å². The Morgan fingerprint density at radius 1 is 0.667 bits per heavy atom. The van der Waals surface area contributed by atoms with Crippen LogP contribution in [-0.2, 0) is 0 Å². The largest absolute Gasteiger partial charge is 0.326 e. The Morgan fingerprint density at radius 3 is 1.44 bits per heavy atom. The molecule has 0 radical (unpaired) electrons. The first-order valence-electron chi connectivity index (χ1n) is 7.75. The van der Waals surface area contributed by atoms with Crippen LogP contribution in [0.2, 0.25) is 0 Å². The molecular weight excluding hydrogens is 224 g/mol. The molecule has 0 spiro atoms. The van der Waals surface area contributed by atoms with Gasteiger partial charge in [0, 0.05) is 37.3 Å². The summed E-state index contributed by atoms with van der Waals surface area (Å²) in [7, 11) is 0. The summed E-state index contributed by atoms with van der Waals surface area (Å²) in [6, 6.07) is 1.77. The van der Waals surface area contributed by atoms with E-state index in [1.54, 1.807) is 0 Å². The molecule has 0 heterocycles. The molecular formula is C14H30N4. The second-order valence-corrected chi connectivity index (χ2v) is 6.02. The van der Waals surface area contributed by atoms with Gasteiger partial charge in [0.2, 0.25) is 0 Å². The Bertz CT molecular complexity index is 210. The number of hydrogen-bond acceptors (Lipinski definition) is 4. The van der Waals surface area contributed by atoms with E-state index in [9.17, 15) is 0 Å². The van der Waals surface area contributed by atoms with Crippen LogP contribution in [0.4, 0.5) is 0 Å². The van der Waals surface area contributed by atoms with Crippen LogP contribution in [0, 0.1) is 0 Å². The molecule has 0 amide bonds. The van der Waals surface area contributed by atoms with E-state index in [0.29, 0.717) is 24.2 Å². The summed E-state index contributed by atoms with van der Waals surface area (Å²) >= 11 is 0. The lowest BCUT2D eigenvalue weighted by atomic mass is 9.90. The van der Waals surface area contributed by atoms with Gasteiger partial charge in [0.15, 0.2) is 0 Å². The maximum absolute atomic E-state index is 6.12. The van der Waals surface area contributed by atoms with E-state index in [-0.39, 0.29) is 0 Å². The zero-order chi connectivity index (χ0) is 12.8. The summed E-state index contributed by atoms with van der Waals surface area (Å²) in [5, 5.41) is 7.19. The molecule has 2 aliphatic carbocycles. The molecule has 0 aromatic rings. The van der Waals surface area contributed by atoms with Gasteiger partial charge in [-0.2, -0.15) is 0 Å². The Kier molecular flexibility index (Phi) is 5.89. The average molecular weight is 254 g/mol. The monoisotopic (exact) mass is 254 g/mol. The molecule has 6 N–H and O–H groups in total.